The minimum absolute atomic E-state index is 0.00575. The van der Waals surface area contributed by atoms with Crippen molar-refractivity contribution in [2.75, 3.05) is 32.2 Å². The van der Waals surface area contributed by atoms with E-state index in [1.165, 1.54) is 12.1 Å². The molecule has 0 saturated carbocycles. The Bertz CT molecular complexity index is 403. The number of halogens is 2. The molecule has 0 spiro atoms. The van der Waals surface area contributed by atoms with Gasteiger partial charge in [-0.25, -0.2) is 8.78 Å². The fourth-order valence-electron chi connectivity index (χ4n) is 2.04. The minimum atomic E-state index is -0.538. The topological polar surface area (TPSA) is 24.5 Å². The first-order chi connectivity index (χ1) is 9.51. The summed E-state index contributed by atoms with van der Waals surface area (Å²) in [5, 5.41) is 3.13. The van der Waals surface area contributed by atoms with E-state index in [0.717, 1.165) is 13.0 Å². The Labute approximate surface area is 119 Å². The van der Waals surface area contributed by atoms with E-state index >= 15 is 0 Å². The first-order valence-electron chi connectivity index (χ1n) is 6.91. The van der Waals surface area contributed by atoms with Gasteiger partial charge in [0.1, 0.15) is 17.3 Å². The number of nitrogens with one attached hydrogen (secondary N) is 1. The molecule has 1 N–H and O–H groups in total. The molecular weight excluding hydrogens is 262 g/mol. The first-order valence-corrected chi connectivity index (χ1v) is 6.91. The Balaban J connectivity index is 2.88. The molecular formula is C15H24F2N2O. The Hall–Kier alpha value is -1.20. The summed E-state index contributed by atoms with van der Waals surface area (Å²) in [4.78, 5) is 1.57. The van der Waals surface area contributed by atoms with Gasteiger partial charge in [0.05, 0.1) is 6.61 Å². The van der Waals surface area contributed by atoms with Crippen molar-refractivity contribution >= 4 is 5.69 Å². The summed E-state index contributed by atoms with van der Waals surface area (Å²) in [5.74, 6) is -1.08. The van der Waals surface area contributed by atoms with E-state index in [1.807, 2.05) is 13.8 Å². The Kier molecular flexibility index (Phi) is 6.88. The highest BCUT2D eigenvalue weighted by atomic mass is 19.1. The van der Waals surface area contributed by atoms with Crippen LogP contribution in [0, 0.1) is 11.6 Å². The van der Waals surface area contributed by atoms with E-state index < -0.39 is 11.6 Å². The van der Waals surface area contributed by atoms with Gasteiger partial charge in [-0.2, -0.15) is 0 Å². The maximum absolute atomic E-state index is 14.1. The third-order valence-corrected chi connectivity index (χ3v) is 3.25. The van der Waals surface area contributed by atoms with Crippen LogP contribution in [0.2, 0.25) is 0 Å². The summed E-state index contributed by atoms with van der Waals surface area (Å²) >= 11 is 0. The average Bonchev–Trinajstić information content (AvgIpc) is 2.38. The zero-order valence-corrected chi connectivity index (χ0v) is 12.7. The standard InChI is InChI=1S/C15H24F2N2O/c1-5-6-18-9-12-7-13(16)15(14(17)8-12)19(3)11(2)10-20-4/h7-8,11,18H,5-6,9-10H2,1-4H3. The smallest absolute Gasteiger partial charge is 0.149 e. The van der Waals surface area contributed by atoms with E-state index in [4.69, 9.17) is 4.74 Å². The van der Waals surface area contributed by atoms with Gasteiger partial charge in [-0.3, -0.25) is 0 Å². The van der Waals surface area contributed by atoms with E-state index in [9.17, 15) is 8.78 Å². The Morgan fingerprint density at radius 1 is 1.30 bits per heavy atom. The average molecular weight is 286 g/mol. The highest BCUT2D eigenvalue weighted by Gasteiger charge is 2.19. The van der Waals surface area contributed by atoms with Crippen LogP contribution < -0.4 is 10.2 Å². The van der Waals surface area contributed by atoms with Gasteiger partial charge in [-0.05, 0) is 37.6 Å². The van der Waals surface area contributed by atoms with E-state index in [1.54, 1.807) is 19.1 Å². The molecule has 20 heavy (non-hydrogen) atoms. The molecule has 0 aromatic heterocycles. The summed E-state index contributed by atoms with van der Waals surface area (Å²) < 4.78 is 33.3. The zero-order chi connectivity index (χ0) is 15.1. The fourth-order valence-corrected chi connectivity index (χ4v) is 2.04. The number of ether oxygens (including phenoxy) is 1. The Morgan fingerprint density at radius 2 is 1.90 bits per heavy atom. The number of likely N-dealkylation sites (N-methyl/N-ethyl adjacent to an activating group) is 1. The summed E-state index contributed by atoms with van der Waals surface area (Å²) in [6.45, 7) is 5.62. The van der Waals surface area contributed by atoms with Crippen molar-refractivity contribution in [3.05, 3.63) is 29.3 Å². The Morgan fingerprint density at radius 3 is 2.40 bits per heavy atom. The quantitative estimate of drug-likeness (QED) is 0.744. The number of rotatable bonds is 8. The molecule has 3 nitrogen and oxygen atoms in total. The lowest BCUT2D eigenvalue weighted by Crippen LogP contribution is -2.34. The number of hydrogen-bond acceptors (Lipinski definition) is 3. The van der Waals surface area contributed by atoms with Crippen LogP contribution >= 0.6 is 0 Å². The van der Waals surface area contributed by atoms with Crippen molar-refractivity contribution in [2.24, 2.45) is 0 Å². The molecule has 1 aromatic carbocycles. The SMILES string of the molecule is CCCNCc1cc(F)c(N(C)C(C)COC)c(F)c1. The fraction of sp³-hybridized carbons (Fsp3) is 0.600. The predicted octanol–water partition coefficient (Wildman–Crippen LogP) is 2.94. The van der Waals surface area contributed by atoms with Crippen molar-refractivity contribution < 1.29 is 13.5 Å². The molecule has 0 aliphatic rings. The minimum Gasteiger partial charge on any atom is -0.383 e. The van der Waals surface area contributed by atoms with Crippen LogP contribution in [0.5, 0.6) is 0 Å². The largest absolute Gasteiger partial charge is 0.383 e. The molecule has 0 heterocycles. The van der Waals surface area contributed by atoms with Crippen molar-refractivity contribution in [2.45, 2.75) is 32.9 Å². The molecule has 1 unspecified atom stereocenters. The summed E-state index contributed by atoms with van der Waals surface area (Å²) in [5.41, 5.74) is 0.610. The summed E-state index contributed by atoms with van der Waals surface area (Å²) in [6, 6.07) is 2.67. The molecule has 0 radical (unpaired) electrons. The summed E-state index contributed by atoms with van der Waals surface area (Å²) in [6.07, 6.45) is 0.986. The molecule has 0 saturated heterocycles. The van der Waals surface area contributed by atoms with Gasteiger partial charge in [0.25, 0.3) is 0 Å². The van der Waals surface area contributed by atoms with E-state index in [-0.39, 0.29) is 11.7 Å². The van der Waals surface area contributed by atoms with Crippen molar-refractivity contribution in [3.63, 3.8) is 0 Å². The van der Waals surface area contributed by atoms with Crippen LogP contribution in [0.3, 0.4) is 0 Å². The van der Waals surface area contributed by atoms with Gasteiger partial charge >= 0.3 is 0 Å². The molecule has 0 aliphatic heterocycles. The van der Waals surface area contributed by atoms with Gasteiger partial charge < -0.3 is 15.0 Å². The third-order valence-electron chi connectivity index (χ3n) is 3.25. The van der Waals surface area contributed by atoms with Gasteiger partial charge in [0.15, 0.2) is 0 Å². The van der Waals surface area contributed by atoms with Crippen molar-refractivity contribution in [1.82, 2.24) is 5.32 Å². The molecule has 0 fully saturated rings. The van der Waals surface area contributed by atoms with Crippen LogP contribution in [0.1, 0.15) is 25.8 Å². The molecule has 0 bridgehead atoms. The second-order valence-corrected chi connectivity index (χ2v) is 5.00. The van der Waals surface area contributed by atoms with Gasteiger partial charge in [-0.1, -0.05) is 6.92 Å². The lowest BCUT2D eigenvalue weighted by molar-refractivity contribution is 0.183. The first kappa shape index (κ1) is 16.9. The monoisotopic (exact) mass is 286 g/mol. The molecule has 5 heteroatoms. The highest BCUT2D eigenvalue weighted by molar-refractivity contribution is 5.50. The lowest BCUT2D eigenvalue weighted by Gasteiger charge is -2.27. The van der Waals surface area contributed by atoms with Crippen LogP contribution in [0.4, 0.5) is 14.5 Å². The lowest BCUT2D eigenvalue weighted by atomic mass is 10.1. The van der Waals surface area contributed by atoms with Crippen LogP contribution in [-0.2, 0) is 11.3 Å². The van der Waals surface area contributed by atoms with Gasteiger partial charge in [-0.15, -0.1) is 0 Å². The van der Waals surface area contributed by atoms with Gasteiger partial charge in [0, 0.05) is 26.7 Å². The second-order valence-electron chi connectivity index (χ2n) is 5.00. The molecule has 0 amide bonds. The maximum atomic E-state index is 14.1. The third kappa shape index (κ3) is 4.42. The molecule has 1 atom stereocenters. The van der Waals surface area contributed by atoms with Crippen LogP contribution in [-0.4, -0.2) is 33.4 Å². The highest BCUT2D eigenvalue weighted by Crippen LogP contribution is 2.25. The van der Waals surface area contributed by atoms with Crippen LogP contribution in [0.15, 0.2) is 12.1 Å². The zero-order valence-electron chi connectivity index (χ0n) is 12.7. The predicted molar refractivity (Wildman–Crippen MR) is 78.1 cm³/mol. The second kappa shape index (κ2) is 8.17. The number of nitrogens with zero attached hydrogens (tertiary/aromatic N) is 1. The number of anilines is 1. The van der Waals surface area contributed by atoms with Crippen molar-refractivity contribution in [1.29, 1.82) is 0 Å². The molecule has 114 valence electrons. The molecule has 1 rings (SSSR count). The number of methoxy groups -OCH3 is 1. The molecule has 0 aliphatic carbocycles. The van der Waals surface area contributed by atoms with Gasteiger partial charge in [0.2, 0.25) is 0 Å². The number of benzene rings is 1. The normalized spacial score (nSPS) is 12.5. The van der Waals surface area contributed by atoms with Crippen molar-refractivity contribution in [3.8, 4) is 0 Å². The summed E-state index contributed by atoms with van der Waals surface area (Å²) in [7, 11) is 3.24. The van der Waals surface area contributed by atoms with Crippen LogP contribution in [0.25, 0.3) is 0 Å². The van der Waals surface area contributed by atoms with E-state index in [2.05, 4.69) is 5.32 Å². The maximum Gasteiger partial charge on any atom is 0.149 e. The number of hydrogen-bond donors (Lipinski definition) is 1. The molecule has 1 aromatic rings. The van der Waals surface area contributed by atoms with E-state index in [0.29, 0.717) is 18.7 Å².